The second-order valence-corrected chi connectivity index (χ2v) is 5.68. The zero-order chi connectivity index (χ0) is 18.8. The molecule has 1 N–H and O–H groups in total. The van der Waals surface area contributed by atoms with Crippen LogP contribution in [-0.2, 0) is 16.6 Å². The number of nitrogens with one attached hydrogen (secondary N) is 1. The van der Waals surface area contributed by atoms with Gasteiger partial charge in [-0.05, 0) is 19.9 Å². The van der Waals surface area contributed by atoms with Gasteiger partial charge < -0.3 is 14.6 Å². The molecule has 0 saturated carbocycles. The van der Waals surface area contributed by atoms with Gasteiger partial charge in [0.05, 0.1) is 5.39 Å². The van der Waals surface area contributed by atoms with Gasteiger partial charge in [0.2, 0.25) is 0 Å². The van der Waals surface area contributed by atoms with E-state index in [1.54, 1.807) is 31.2 Å². The Balaban J connectivity index is 1.81. The van der Waals surface area contributed by atoms with Crippen molar-refractivity contribution in [3.8, 4) is 0 Å². The summed E-state index contributed by atoms with van der Waals surface area (Å²) < 4.78 is 11.1. The van der Waals surface area contributed by atoms with Gasteiger partial charge in [-0.15, -0.1) is 0 Å². The van der Waals surface area contributed by atoms with E-state index >= 15 is 0 Å². The van der Waals surface area contributed by atoms with Gasteiger partial charge in [-0.2, -0.15) is 5.10 Å². The third-order valence-corrected chi connectivity index (χ3v) is 3.68. The molecular weight excluding hydrogens is 340 g/mol. The van der Waals surface area contributed by atoms with Crippen LogP contribution in [0, 0.1) is 6.92 Å². The predicted octanol–water partition coefficient (Wildman–Crippen LogP) is 1.41. The molecule has 9 nitrogen and oxygen atoms in total. The van der Waals surface area contributed by atoms with Crippen LogP contribution in [0.25, 0.3) is 10.8 Å². The molecule has 1 unspecified atom stereocenters. The van der Waals surface area contributed by atoms with E-state index < -0.39 is 18.0 Å². The summed E-state index contributed by atoms with van der Waals surface area (Å²) in [7, 11) is 1.44. The molecule has 26 heavy (non-hydrogen) atoms. The fourth-order valence-electron chi connectivity index (χ4n) is 2.37. The lowest BCUT2D eigenvalue weighted by atomic mass is 10.1. The first-order valence-corrected chi connectivity index (χ1v) is 7.78. The van der Waals surface area contributed by atoms with Gasteiger partial charge in [-0.1, -0.05) is 23.4 Å². The Bertz CT molecular complexity index is 1050. The second kappa shape index (κ2) is 6.79. The lowest BCUT2D eigenvalue weighted by Crippen LogP contribution is -2.31. The number of hydrogen-bond donors (Lipinski definition) is 1. The zero-order valence-corrected chi connectivity index (χ0v) is 14.3. The number of fused-ring (bicyclic) bond motifs is 1. The third-order valence-electron chi connectivity index (χ3n) is 3.68. The summed E-state index contributed by atoms with van der Waals surface area (Å²) in [6.07, 6.45) is -1.10. The molecule has 1 amide bonds. The van der Waals surface area contributed by atoms with E-state index in [-0.39, 0.29) is 17.1 Å². The van der Waals surface area contributed by atoms with Crippen LogP contribution in [-0.4, -0.2) is 32.9 Å². The van der Waals surface area contributed by atoms with Gasteiger partial charge in [0.1, 0.15) is 5.76 Å². The van der Waals surface area contributed by atoms with E-state index in [0.717, 1.165) is 4.68 Å². The van der Waals surface area contributed by atoms with Crippen molar-refractivity contribution in [3.63, 3.8) is 0 Å². The largest absolute Gasteiger partial charge is 0.448 e. The van der Waals surface area contributed by atoms with Gasteiger partial charge >= 0.3 is 5.97 Å². The average molecular weight is 356 g/mol. The molecule has 9 heteroatoms. The molecule has 0 aliphatic carbocycles. The quantitative estimate of drug-likeness (QED) is 0.703. The van der Waals surface area contributed by atoms with Gasteiger partial charge in [0, 0.05) is 18.5 Å². The molecule has 0 saturated heterocycles. The van der Waals surface area contributed by atoms with Crippen LogP contribution in [0.15, 0.2) is 39.6 Å². The van der Waals surface area contributed by atoms with E-state index in [1.165, 1.54) is 20.0 Å². The summed E-state index contributed by atoms with van der Waals surface area (Å²) in [4.78, 5) is 36.7. The van der Waals surface area contributed by atoms with Gasteiger partial charge in [-0.3, -0.25) is 9.59 Å². The smallest absolute Gasteiger partial charge is 0.360 e. The predicted molar refractivity (Wildman–Crippen MR) is 91.7 cm³/mol. The summed E-state index contributed by atoms with van der Waals surface area (Å²) in [5, 5.41) is 10.8. The summed E-state index contributed by atoms with van der Waals surface area (Å²) >= 11 is 0. The van der Waals surface area contributed by atoms with Crippen molar-refractivity contribution in [2.45, 2.75) is 20.0 Å². The number of hydrogen-bond acceptors (Lipinski definition) is 7. The van der Waals surface area contributed by atoms with E-state index in [0.29, 0.717) is 16.5 Å². The van der Waals surface area contributed by atoms with Crippen LogP contribution in [0.5, 0.6) is 0 Å². The molecule has 2 aromatic heterocycles. The van der Waals surface area contributed by atoms with E-state index in [4.69, 9.17) is 9.26 Å². The summed E-state index contributed by atoms with van der Waals surface area (Å²) in [6.45, 7) is 3.10. The van der Waals surface area contributed by atoms with Crippen LogP contribution >= 0.6 is 0 Å². The Labute approximate surface area is 147 Å². The van der Waals surface area contributed by atoms with Gasteiger partial charge in [0.15, 0.2) is 17.6 Å². The molecular formula is C17H16N4O5. The van der Waals surface area contributed by atoms with Crippen LogP contribution in [0.4, 0.5) is 5.82 Å². The van der Waals surface area contributed by atoms with Crippen molar-refractivity contribution in [1.82, 2.24) is 14.9 Å². The van der Waals surface area contributed by atoms with Crippen molar-refractivity contribution in [2.75, 3.05) is 5.32 Å². The number of aromatic nitrogens is 3. The van der Waals surface area contributed by atoms with Crippen molar-refractivity contribution < 1.29 is 18.8 Å². The molecule has 134 valence electrons. The van der Waals surface area contributed by atoms with Crippen LogP contribution < -0.4 is 10.9 Å². The monoisotopic (exact) mass is 356 g/mol. The topological polar surface area (TPSA) is 116 Å². The number of amides is 1. The fourth-order valence-corrected chi connectivity index (χ4v) is 2.37. The molecule has 1 atom stereocenters. The molecule has 1 aromatic carbocycles. The number of carbonyl (C=O) groups is 2. The summed E-state index contributed by atoms with van der Waals surface area (Å²) in [5.74, 6) is -0.622. The summed E-state index contributed by atoms with van der Waals surface area (Å²) in [5.41, 5.74) is -0.371. The first-order valence-electron chi connectivity index (χ1n) is 7.78. The van der Waals surface area contributed by atoms with Crippen LogP contribution in [0.1, 0.15) is 23.2 Å². The molecule has 0 aliphatic rings. The number of nitrogens with zero attached hydrogens (tertiary/aromatic N) is 3. The molecule has 0 aliphatic heterocycles. The van der Waals surface area contributed by atoms with Crippen LogP contribution in [0.2, 0.25) is 0 Å². The average Bonchev–Trinajstić information content (AvgIpc) is 3.02. The standard InChI is InChI=1S/C17H16N4O5/c1-9-8-13(20-26-9)18-15(22)10(2)25-17(24)14-11-6-4-5-7-12(11)16(23)21(3)19-14/h4-8,10H,1-3H3,(H,18,20,22). The number of rotatable bonds is 4. The first-order chi connectivity index (χ1) is 12.4. The van der Waals surface area contributed by atoms with E-state index in [1.807, 2.05) is 0 Å². The lowest BCUT2D eigenvalue weighted by molar-refractivity contribution is -0.123. The number of aryl methyl sites for hydroxylation is 2. The minimum Gasteiger partial charge on any atom is -0.448 e. The van der Waals surface area contributed by atoms with E-state index in [2.05, 4.69) is 15.6 Å². The lowest BCUT2D eigenvalue weighted by Gasteiger charge is -2.13. The van der Waals surface area contributed by atoms with Crippen molar-refractivity contribution in [3.05, 3.63) is 52.1 Å². The maximum Gasteiger partial charge on any atom is 0.360 e. The Morgan fingerprint density at radius 1 is 1.27 bits per heavy atom. The maximum atomic E-state index is 12.5. The maximum absolute atomic E-state index is 12.5. The van der Waals surface area contributed by atoms with Gasteiger partial charge in [-0.25, -0.2) is 9.48 Å². The Morgan fingerprint density at radius 2 is 1.96 bits per heavy atom. The zero-order valence-electron chi connectivity index (χ0n) is 14.3. The van der Waals surface area contributed by atoms with Crippen molar-refractivity contribution >= 4 is 28.5 Å². The second-order valence-electron chi connectivity index (χ2n) is 5.68. The summed E-state index contributed by atoms with van der Waals surface area (Å²) in [6, 6.07) is 8.11. The third kappa shape index (κ3) is 3.32. The van der Waals surface area contributed by atoms with Crippen LogP contribution in [0.3, 0.4) is 0 Å². The first kappa shape index (κ1) is 17.3. The Hall–Kier alpha value is -3.49. The Kier molecular flexibility index (Phi) is 4.53. The number of esters is 1. The number of anilines is 1. The normalized spacial score (nSPS) is 12.0. The molecule has 3 rings (SSSR count). The highest BCUT2D eigenvalue weighted by atomic mass is 16.5. The fraction of sp³-hybridized carbons (Fsp3) is 0.235. The minimum atomic E-state index is -1.10. The number of carbonyl (C=O) groups excluding carboxylic acids is 2. The molecule has 0 spiro atoms. The number of ether oxygens (including phenoxy) is 1. The van der Waals surface area contributed by atoms with Crippen molar-refractivity contribution in [2.24, 2.45) is 7.05 Å². The highest BCUT2D eigenvalue weighted by Gasteiger charge is 2.23. The number of benzene rings is 1. The highest BCUT2D eigenvalue weighted by molar-refractivity contribution is 6.03. The highest BCUT2D eigenvalue weighted by Crippen LogP contribution is 2.15. The SMILES string of the molecule is Cc1cc(NC(=O)C(C)OC(=O)c2nn(C)c(=O)c3ccccc23)no1. The molecule has 0 radical (unpaired) electrons. The van der Waals surface area contributed by atoms with E-state index in [9.17, 15) is 14.4 Å². The molecule has 0 bridgehead atoms. The minimum absolute atomic E-state index is 0.0420. The molecule has 3 aromatic rings. The molecule has 2 heterocycles. The Morgan fingerprint density at radius 3 is 2.62 bits per heavy atom. The molecule has 0 fully saturated rings. The van der Waals surface area contributed by atoms with Crippen molar-refractivity contribution in [1.29, 1.82) is 0 Å². The van der Waals surface area contributed by atoms with Gasteiger partial charge in [0.25, 0.3) is 11.5 Å².